The summed E-state index contributed by atoms with van der Waals surface area (Å²) in [6.07, 6.45) is 1.64. The van der Waals surface area contributed by atoms with Gasteiger partial charge in [-0.2, -0.15) is 0 Å². The highest BCUT2D eigenvalue weighted by Crippen LogP contribution is 2.06. The van der Waals surface area contributed by atoms with Gasteiger partial charge in [0, 0.05) is 12.8 Å². The van der Waals surface area contributed by atoms with Crippen LogP contribution in [0.3, 0.4) is 0 Å². The van der Waals surface area contributed by atoms with Gasteiger partial charge in [-0.1, -0.05) is 60.7 Å². The van der Waals surface area contributed by atoms with Crippen LogP contribution in [-0.2, 0) is 12.8 Å². The van der Waals surface area contributed by atoms with E-state index in [2.05, 4.69) is 24.3 Å². The van der Waals surface area contributed by atoms with E-state index in [0.717, 1.165) is 18.3 Å². The quantitative estimate of drug-likeness (QED) is 0.779. The van der Waals surface area contributed by atoms with Crippen molar-refractivity contribution in [1.82, 2.24) is 0 Å². The number of hydrogen-bond acceptors (Lipinski definition) is 1. The van der Waals surface area contributed by atoms with Crippen molar-refractivity contribution in [2.24, 2.45) is 0 Å². The molecular formula is C15H17NO. The summed E-state index contributed by atoms with van der Waals surface area (Å²) in [5.74, 6) is 0. The molecule has 2 N–H and O–H groups in total. The van der Waals surface area contributed by atoms with Crippen molar-refractivity contribution in [3.05, 3.63) is 77.0 Å². The molecule has 0 heterocycles. The van der Waals surface area contributed by atoms with Gasteiger partial charge in [0.05, 0.1) is 6.04 Å². The molecule has 88 valence electrons. The Morgan fingerprint density at radius 2 is 1.18 bits per heavy atom. The van der Waals surface area contributed by atoms with Crippen molar-refractivity contribution in [3.8, 4) is 0 Å². The largest absolute Gasteiger partial charge is 0.636 e. The van der Waals surface area contributed by atoms with E-state index < -0.39 is 0 Å². The van der Waals surface area contributed by atoms with Crippen molar-refractivity contribution < 1.29 is 5.48 Å². The van der Waals surface area contributed by atoms with Crippen LogP contribution >= 0.6 is 0 Å². The lowest BCUT2D eigenvalue weighted by molar-refractivity contribution is -0.626. The first-order valence-electron chi connectivity index (χ1n) is 5.91. The van der Waals surface area contributed by atoms with E-state index in [-0.39, 0.29) is 6.04 Å². The Hall–Kier alpha value is -1.64. The average molecular weight is 227 g/mol. The fourth-order valence-electron chi connectivity index (χ4n) is 2.00. The lowest BCUT2D eigenvalue weighted by Gasteiger charge is -2.17. The highest BCUT2D eigenvalue weighted by Gasteiger charge is 2.09. The molecule has 0 spiro atoms. The van der Waals surface area contributed by atoms with Crippen LogP contribution in [0.15, 0.2) is 60.7 Å². The zero-order chi connectivity index (χ0) is 11.9. The molecule has 2 heteroatoms. The molecule has 2 rings (SSSR count). The summed E-state index contributed by atoms with van der Waals surface area (Å²) < 4.78 is 0. The summed E-state index contributed by atoms with van der Waals surface area (Å²) in [6.45, 7) is 0. The van der Waals surface area contributed by atoms with Gasteiger partial charge in [-0.25, -0.2) is 0 Å². The van der Waals surface area contributed by atoms with E-state index in [1.807, 2.05) is 36.4 Å². The molecule has 2 nitrogen and oxygen atoms in total. The summed E-state index contributed by atoms with van der Waals surface area (Å²) in [6, 6.07) is 20.4. The van der Waals surface area contributed by atoms with Gasteiger partial charge in [0.2, 0.25) is 0 Å². The van der Waals surface area contributed by atoms with Crippen LogP contribution in [0.2, 0.25) is 0 Å². The zero-order valence-electron chi connectivity index (χ0n) is 9.75. The standard InChI is InChI=1S/C15H17NO/c17-16-15(11-13-7-3-1-4-8-13)12-14-9-5-2-6-10-14/h1-10,15H,11-12,16H2. The summed E-state index contributed by atoms with van der Waals surface area (Å²) in [5.41, 5.74) is 3.51. The van der Waals surface area contributed by atoms with Crippen LogP contribution in [0.25, 0.3) is 0 Å². The highest BCUT2D eigenvalue weighted by molar-refractivity contribution is 5.18. The van der Waals surface area contributed by atoms with Gasteiger partial charge in [-0.15, -0.1) is 0 Å². The van der Waals surface area contributed by atoms with Crippen molar-refractivity contribution in [3.63, 3.8) is 0 Å². The Morgan fingerprint density at radius 3 is 1.53 bits per heavy atom. The van der Waals surface area contributed by atoms with E-state index in [1.54, 1.807) is 0 Å². The molecule has 0 aromatic heterocycles. The van der Waals surface area contributed by atoms with Crippen LogP contribution in [-0.4, -0.2) is 6.04 Å². The van der Waals surface area contributed by atoms with E-state index in [1.165, 1.54) is 11.1 Å². The van der Waals surface area contributed by atoms with Gasteiger partial charge in [0.15, 0.2) is 0 Å². The third kappa shape index (κ3) is 3.70. The normalized spacial score (nSPS) is 10.7. The van der Waals surface area contributed by atoms with Crippen LogP contribution in [0.5, 0.6) is 0 Å². The van der Waals surface area contributed by atoms with Gasteiger partial charge < -0.3 is 10.7 Å². The molecular weight excluding hydrogens is 210 g/mol. The molecule has 2 aromatic carbocycles. The maximum absolute atomic E-state index is 11.1. The Labute approximate surface area is 102 Å². The second-order valence-corrected chi connectivity index (χ2v) is 4.28. The lowest BCUT2D eigenvalue weighted by atomic mass is 10.00. The molecule has 0 amide bonds. The molecule has 0 fully saturated rings. The topological polar surface area (TPSA) is 39.7 Å². The van der Waals surface area contributed by atoms with E-state index in [4.69, 9.17) is 0 Å². The fraction of sp³-hybridized carbons (Fsp3) is 0.200. The van der Waals surface area contributed by atoms with E-state index in [0.29, 0.717) is 0 Å². The monoisotopic (exact) mass is 227 g/mol. The van der Waals surface area contributed by atoms with Gasteiger partial charge in [0.25, 0.3) is 0 Å². The number of hydroxylamine groups is 1. The Bertz CT molecular complexity index is 386. The molecule has 0 aliphatic heterocycles. The molecule has 2 aromatic rings. The third-order valence-electron chi connectivity index (χ3n) is 2.87. The second kappa shape index (κ2) is 6.18. The number of rotatable bonds is 5. The smallest absolute Gasteiger partial charge is 0.0937 e. The average Bonchev–Trinajstić information content (AvgIpc) is 2.40. The predicted octanol–water partition coefficient (Wildman–Crippen LogP) is 1.90. The Balaban J connectivity index is 1.98. The Kier molecular flexibility index (Phi) is 4.30. The number of hydrogen-bond donors (Lipinski definition) is 1. The van der Waals surface area contributed by atoms with Crippen molar-refractivity contribution in [2.45, 2.75) is 18.9 Å². The summed E-state index contributed by atoms with van der Waals surface area (Å²) in [4.78, 5) is 0. The molecule has 0 atom stereocenters. The van der Waals surface area contributed by atoms with Crippen LogP contribution in [0.4, 0.5) is 0 Å². The molecule has 17 heavy (non-hydrogen) atoms. The molecule has 0 saturated heterocycles. The maximum atomic E-state index is 11.1. The first kappa shape index (κ1) is 11.8. The van der Waals surface area contributed by atoms with Crippen LogP contribution < -0.4 is 5.48 Å². The minimum atomic E-state index is 0.0693. The first-order chi connectivity index (χ1) is 8.38. The van der Waals surface area contributed by atoms with Crippen molar-refractivity contribution >= 4 is 0 Å². The number of benzene rings is 2. The third-order valence-corrected chi connectivity index (χ3v) is 2.87. The first-order valence-corrected chi connectivity index (χ1v) is 5.91. The number of quaternary nitrogens is 1. The fourth-order valence-corrected chi connectivity index (χ4v) is 2.00. The molecule has 0 radical (unpaired) electrons. The van der Waals surface area contributed by atoms with Gasteiger partial charge >= 0.3 is 0 Å². The second-order valence-electron chi connectivity index (χ2n) is 4.28. The minimum absolute atomic E-state index is 0.0693. The molecule has 0 unspecified atom stereocenters. The van der Waals surface area contributed by atoms with Gasteiger partial charge in [0.1, 0.15) is 0 Å². The lowest BCUT2D eigenvalue weighted by Crippen LogP contribution is -2.85. The highest BCUT2D eigenvalue weighted by atomic mass is 16.5. The Morgan fingerprint density at radius 1 is 0.765 bits per heavy atom. The zero-order valence-corrected chi connectivity index (χ0v) is 9.75. The van der Waals surface area contributed by atoms with Crippen molar-refractivity contribution in [1.29, 1.82) is 0 Å². The maximum Gasteiger partial charge on any atom is 0.0937 e. The van der Waals surface area contributed by atoms with Crippen LogP contribution in [0.1, 0.15) is 11.1 Å². The van der Waals surface area contributed by atoms with Crippen molar-refractivity contribution in [2.75, 3.05) is 0 Å². The minimum Gasteiger partial charge on any atom is -0.636 e. The summed E-state index contributed by atoms with van der Waals surface area (Å²) in [7, 11) is 0. The summed E-state index contributed by atoms with van der Waals surface area (Å²) in [5, 5.41) is 11.1. The molecule has 0 saturated carbocycles. The van der Waals surface area contributed by atoms with E-state index >= 15 is 0 Å². The molecule has 0 bridgehead atoms. The van der Waals surface area contributed by atoms with Gasteiger partial charge in [-0.05, 0) is 11.1 Å². The SMILES string of the molecule is [O-][NH2+]C(Cc1ccccc1)Cc1ccccc1. The molecule has 0 aliphatic carbocycles. The summed E-state index contributed by atoms with van der Waals surface area (Å²) >= 11 is 0. The van der Waals surface area contributed by atoms with Crippen LogP contribution in [0, 0.1) is 5.21 Å². The predicted molar refractivity (Wildman–Crippen MR) is 69.4 cm³/mol. The van der Waals surface area contributed by atoms with Gasteiger partial charge in [-0.3, -0.25) is 0 Å². The molecule has 0 aliphatic rings. The number of nitrogens with two attached hydrogens (primary N) is 1. The van der Waals surface area contributed by atoms with E-state index in [9.17, 15) is 5.21 Å².